The summed E-state index contributed by atoms with van der Waals surface area (Å²) >= 11 is 3.31. The van der Waals surface area contributed by atoms with Crippen LogP contribution in [0.2, 0.25) is 0 Å². The lowest BCUT2D eigenvalue weighted by molar-refractivity contribution is 0.0696. The lowest BCUT2D eigenvalue weighted by Crippen LogP contribution is -1.97. The third-order valence-electron chi connectivity index (χ3n) is 2.26. The highest BCUT2D eigenvalue weighted by Crippen LogP contribution is 2.29. The fourth-order valence-corrected chi connectivity index (χ4v) is 1.73. The molecular weight excluding hydrogens is 298 g/mol. The van der Waals surface area contributed by atoms with Crippen LogP contribution in [-0.4, -0.2) is 16.1 Å². The van der Waals surface area contributed by atoms with Gasteiger partial charge in [-0.3, -0.25) is 0 Å². The van der Waals surface area contributed by atoms with Gasteiger partial charge in [0.25, 0.3) is 0 Å². The van der Waals surface area contributed by atoms with Crippen molar-refractivity contribution in [2.45, 2.75) is 6.92 Å². The van der Waals surface area contributed by atoms with Crippen LogP contribution in [0.15, 0.2) is 40.9 Å². The van der Waals surface area contributed by atoms with Gasteiger partial charge in [-0.2, -0.15) is 0 Å². The number of ether oxygens (including phenoxy) is 1. The van der Waals surface area contributed by atoms with Crippen molar-refractivity contribution in [3.8, 4) is 11.6 Å². The predicted molar refractivity (Wildman–Crippen MR) is 70.1 cm³/mol. The molecule has 0 aliphatic heterocycles. The van der Waals surface area contributed by atoms with E-state index in [1.807, 2.05) is 19.1 Å². The molecule has 4 nitrogen and oxygen atoms in total. The van der Waals surface area contributed by atoms with Gasteiger partial charge in [-0.15, -0.1) is 0 Å². The van der Waals surface area contributed by atoms with Crippen LogP contribution in [0, 0.1) is 6.92 Å². The Morgan fingerprint density at radius 3 is 2.78 bits per heavy atom. The fourth-order valence-electron chi connectivity index (χ4n) is 1.40. The monoisotopic (exact) mass is 307 g/mol. The van der Waals surface area contributed by atoms with Gasteiger partial charge in [-0.1, -0.05) is 6.07 Å². The molecule has 0 spiro atoms. The quantitative estimate of drug-likeness (QED) is 0.940. The van der Waals surface area contributed by atoms with Gasteiger partial charge in [-0.25, -0.2) is 9.78 Å². The molecule has 0 aliphatic carbocycles. The van der Waals surface area contributed by atoms with Crippen molar-refractivity contribution in [2.24, 2.45) is 0 Å². The highest BCUT2D eigenvalue weighted by molar-refractivity contribution is 9.10. The zero-order valence-corrected chi connectivity index (χ0v) is 11.1. The number of halogens is 1. The number of hydrogen-bond acceptors (Lipinski definition) is 3. The van der Waals surface area contributed by atoms with Gasteiger partial charge in [0.05, 0.1) is 10.0 Å². The molecule has 0 saturated carbocycles. The summed E-state index contributed by atoms with van der Waals surface area (Å²) in [6.45, 7) is 1.86. The molecule has 5 heteroatoms. The molecule has 18 heavy (non-hydrogen) atoms. The highest BCUT2D eigenvalue weighted by atomic mass is 79.9. The summed E-state index contributed by atoms with van der Waals surface area (Å²) in [6, 6.07) is 9.99. The van der Waals surface area contributed by atoms with E-state index in [0.29, 0.717) is 16.1 Å². The third-order valence-corrected chi connectivity index (χ3v) is 2.91. The number of nitrogens with zero attached hydrogens (tertiary/aromatic N) is 1. The molecule has 0 aliphatic rings. The molecule has 2 rings (SSSR count). The Kier molecular flexibility index (Phi) is 3.62. The molecule has 0 radical (unpaired) electrons. The van der Waals surface area contributed by atoms with E-state index in [-0.39, 0.29) is 5.56 Å². The largest absolute Gasteiger partial charge is 0.478 e. The lowest BCUT2D eigenvalue weighted by Gasteiger charge is -2.08. The van der Waals surface area contributed by atoms with Crippen molar-refractivity contribution < 1.29 is 14.6 Å². The second kappa shape index (κ2) is 5.18. The van der Waals surface area contributed by atoms with Crippen LogP contribution in [-0.2, 0) is 0 Å². The van der Waals surface area contributed by atoms with Crippen LogP contribution in [0.4, 0.5) is 0 Å². The molecule has 0 fully saturated rings. The molecule has 1 aromatic carbocycles. The van der Waals surface area contributed by atoms with Gasteiger partial charge in [0, 0.05) is 11.8 Å². The average molecular weight is 308 g/mol. The molecule has 1 heterocycles. The number of carbonyl (C=O) groups is 1. The molecule has 0 amide bonds. The number of aryl methyl sites for hydroxylation is 1. The molecule has 0 atom stereocenters. The topological polar surface area (TPSA) is 59.4 Å². The molecule has 92 valence electrons. The first-order valence-corrected chi connectivity index (χ1v) is 6.00. The first-order chi connectivity index (χ1) is 8.56. The number of benzene rings is 1. The third kappa shape index (κ3) is 2.87. The van der Waals surface area contributed by atoms with Crippen LogP contribution in [0.25, 0.3) is 0 Å². The number of rotatable bonds is 3. The Morgan fingerprint density at radius 1 is 1.33 bits per heavy atom. The molecule has 2 aromatic rings. The maximum atomic E-state index is 10.9. The summed E-state index contributed by atoms with van der Waals surface area (Å²) < 4.78 is 6.24. The zero-order chi connectivity index (χ0) is 13.1. The fraction of sp³-hybridized carbons (Fsp3) is 0.0769. The van der Waals surface area contributed by atoms with E-state index in [2.05, 4.69) is 20.9 Å². The molecular formula is C13H10BrNO3. The first-order valence-electron chi connectivity index (χ1n) is 5.20. The first kappa shape index (κ1) is 12.6. The van der Waals surface area contributed by atoms with Crippen molar-refractivity contribution in [1.82, 2.24) is 4.98 Å². The Balaban J connectivity index is 2.33. The summed E-state index contributed by atoms with van der Waals surface area (Å²) in [5.74, 6) is -0.143. The standard InChI is InChI=1S/C13H10BrNO3/c1-8-3-2-4-12(15-8)18-11-7-9(13(16)17)5-6-10(11)14/h2-7H,1H3,(H,16,17). The van der Waals surface area contributed by atoms with Crippen LogP contribution < -0.4 is 4.74 Å². The SMILES string of the molecule is Cc1cccc(Oc2cc(C(=O)O)ccc2Br)n1. The lowest BCUT2D eigenvalue weighted by atomic mass is 10.2. The summed E-state index contributed by atoms with van der Waals surface area (Å²) in [4.78, 5) is 15.1. The summed E-state index contributed by atoms with van der Waals surface area (Å²) in [5, 5.41) is 8.92. The van der Waals surface area contributed by atoms with E-state index in [4.69, 9.17) is 9.84 Å². The maximum Gasteiger partial charge on any atom is 0.335 e. The minimum atomic E-state index is -0.996. The van der Waals surface area contributed by atoms with Crippen molar-refractivity contribution in [3.63, 3.8) is 0 Å². The van der Waals surface area contributed by atoms with Gasteiger partial charge in [-0.05, 0) is 47.1 Å². The smallest absolute Gasteiger partial charge is 0.335 e. The minimum Gasteiger partial charge on any atom is -0.478 e. The van der Waals surface area contributed by atoms with Crippen molar-refractivity contribution in [2.75, 3.05) is 0 Å². The number of aromatic carboxylic acids is 1. The molecule has 0 saturated heterocycles. The second-order valence-corrected chi connectivity index (χ2v) is 4.52. The Labute approximate surface area is 112 Å². The van der Waals surface area contributed by atoms with Gasteiger partial charge < -0.3 is 9.84 Å². The zero-order valence-electron chi connectivity index (χ0n) is 9.55. The van der Waals surface area contributed by atoms with Gasteiger partial charge >= 0.3 is 5.97 Å². The average Bonchev–Trinajstić information content (AvgIpc) is 2.31. The molecule has 1 aromatic heterocycles. The highest BCUT2D eigenvalue weighted by Gasteiger charge is 2.09. The number of pyridine rings is 1. The maximum absolute atomic E-state index is 10.9. The van der Waals surface area contributed by atoms with Crippen molar-refractivity contribution in [3.05, 3.63) is 52.1 Å². The van der Waals surface area contributed by atoms with Gasteiger partial charge in [0.2, 0.25) is 5.88 Å². The van der Waals surface area contributed by atoms with Crippen LogP contribution in [0.3, 0.4) is 0 Å². The Hall–Kier alpha value is -1.88. The second-order valence-electron chi connectivity index (χ2n) is 3.67. The molecule has 0 bridgehead atoms. The normalized spacial score (nSPS) is 10.1. The van der Waals surface area contributed by atoms with Crippen molar-refractivity contribution in [1.29, 1.82) is 0 Å². The molecule has 1 N–H and O–H groups in total. The summed E-state index contributed by atoms with van der Waals surface area (Å²) in [7, 11) is 0. The van der Waals surface area contributed by atoms with Crippen molar-refractivity contribution >= 4 is 21.9 Å². The van der Waals surface area contributed by atoms with E-state index in [1.165, 1.54) is 12.1 Å². The van der Waals surface area contributed by atoms with Crippen LogP contribution in [0.5, 0.6) is 11.6 Å². The number of carboxylic acid groups (broad SMARTS) is 1. The summed E-state index contributed by atoms with van der Waals surface area (Å²) in [6.07, 6.45) is 0. The number of hydrogen-bond donors (Lipinski definition) is 1. The van der Waals surface area contributed by atoms with E-state index in [0.717, 1.165) is 5.69 Å². The Morgan fingerprint density at radius 2 is 2.11 bits per heavy atom. The number of aromatic nitrogens is 1. The van der Waals surface area contributed by atoms with Gasteiger partial charge in [0.1, 0.15) is 5.75 Å². The minimum absolute atomic E-state index is 0.167. The number of carboxylic acids is 1. The van der Waals surface area contributed by atoms with Gasteiger partial charge in [0.15, 0.2) is 0 Å². The summed E-state index contributed by atoms with van der Waals surface area (Å²) in [5.41, 5.74) is 0.999. The van der Waals surface area contributed by atoms with E-state index in [9.17, 15) is 4.79 Å². The molecule has 0 unspecified atom stereocenters. The van der Waals surface area contributed by atoms with Crippen LogP contribution in [0.1, 0.15) is 16.1 Å². The Bertz CT molecular complexity index is 599. The van der Waals surface area contributed by atoms with E-state index < -0.39 is 5.97 Å². The van der Waals surface area contributed by atoms with E-state index in [1.54, 1.807) is 12.1 Å². The van der Waals surface area contributed by atoms with Crippen LogP contribution >= 0.6 is 15.9 Å². The van der Waals surface area contributed by atoms with E-state index >= 15 is 0 Å². The predicted octanol–water partition coefficient (Wildman–Crippen LogP) is 3.64.